The molecule has 4 nitrogen and oxygen atoms in total. The zero-order chi connectivity index (χ0) is 15.9. The van der Waals surface area contributed by atoms with E-state index in [0.717, 1.165) is 24.2 Å². The number of hydrogen-bond acceptors (Lipinski definition) is 3. The number of carbonyl (C=O) groups excluding carboxylic acids is 2. The molecule has 0 spiro atoms. The predicted octanol–water partition coefficient (Wildman–Crippen LogP) is 3.84. The summed E-state index contributed by atoms with van der Waals surface area (Å²) in [4.78, 5) is 24.0. The lowest BCUT2D eigenvalue weighted by molar-refractivity contribution is -0.191. The highest BCUT2D eigenvalue weighted by molar-refractivity contribution is 9.10. The molecule has 3 rings (SSSR count). The van der Waals surface area contributed by atoms with Crippen LogP contribution in [0.2, 0.25) is 0 Å². The molecular formula is C17H15BrN2O2. The van der Waals surface area contributed by atoms with E-state index < -0.39 is 0 Å². The summed E-state index contributed by atoms with van der Waals surface area (Å²) in [6, 6.07) is 12.7. The molecule has 0 amide bonds. The van der Waals surface area contributed by atoms with Crippen molar-refractivity contribution >= 4 is 33.1 Å². The number of aryl methyl sites for hydroxylation is 3. The van der Waals surface area contributed by atoms with Crippen LogP contribution in [-0.2, 0) is 22.4 Å². The maximum absolute atomic E-state index is 8.12. The second-order valence-corrected chi connectivity index (χ2v) is 5.76. The molecule has 5 heteroatoms. The first-order valence-corrected chi connectivity index (χ1v) is 7.60. The first-order valence-electron chi connectivity index (χ1n) is 6.81. The molecule has 0 bridgehead atoms. The van der Waals surface area contributed by atoms with E-state index in [2.05, 4.69) is 63.2 Å². The second-order valence-electron chi connectivity index (χ2n) is 4.91. The van der Waals surface area contributed by atoms with E-state index in [1.807, 2.05) is 12.3 Å². The number of H-pyrrole nitrogens is 1. The molecule has 0 radical (unpaired) electrons. The molecule has 0 fully saturated rings. The molecule has 2 heterocycles. The molecular weight excluding hydrogens is 344 g/mol. The van der Waals surface area contributed by atoms with Crippen LogP contribution in [-0.4, -0.2) is 16.1 Å². The predicted molar refractivity (Wildman–Crippen MR) is 87.4 cm³/mol. The number of halogens is 1. The molecule has 0 aliphatic rings. The van der Waals surface area contributed by atoms with Crippen LogP contribution in [0.1, 0.15) is 16.8 Å². The van der Waals surface area contributed by atoms with Crippen molar-refractivity contribution in [2.75, 3.05) is 0 Å². The summed E-state index contributed by atoms with van der Waals surface area (Å²) in [6.07, 6.45) is 4.25. The third-order valence-electron chi connectivity index (χ3n) is 3.30. The largest absolute Gasteiger partial charge is 0.373 e. The van der Waals surface area contributed by atoms with Gasteiger partial charge in [0.25, 0.3) is 0 Å². The lowest BCUT2D eigenvalue weighted by atomic mass is 10.1. The van der Waals surface area contributed by atoms with E-state index in [0.29, 0.717) is 0 Å². The Balaban J connectivity index is 0.000000545. The van der Waals surface area contributed by atoms with Crippen molar-refractivity contribution in [3.8, 4) is 0 Å². The molecule has 0 saturated carbocycles. The summed E-state index contributed by atoms with van der Waals surface area (Å²) < 4.78 is 1.18. The Bertz CT molecular complexity index is 805. The standard InChI is InChI=1S/C16H15BrN2.CO2/c1-11-8-14-9-12(10-18-16(14)19-11)6-7-13-4-2-3-5-15(13)17;2-1-3/h2-5,8-10H,6-7H2,1H3,(H,18,19);. The van der Waals surface area contributed by atoms with Gasteiger partial charge in [-0.2, -0.15) is 9.59 Å². The second kappa shape index (κ2) is 7.69. The summed E-state index contributed by atoms with van der Waals surface area (Å²) >= 11 is 3.59. The minimum Gasteiger partial charge on any atom is -0.344 e. The number of fused-ring (bicyclic) bond motifs is 1. The molecule has 0 aliphatic heterocycles. The molecule has 1 N–H and O–H groups in total. The summed E-state index contributed by atoms with van der Waals surface area (Å²) in [5.74, 6) is 0. The van der Waals surface area contributed by atoms with E-state index in [1.165, 1.54) is 21.0 Å². The fourth-order valence-electron chi connectivity index (χ4n) is 2.31. The van der Waals surface area contributed by atoms with Crippen molar-refractivity contribution in [3.63, 3.8) is 0 Å². The van der Waals surface area contributed by atoms with Gasteiger partial charge in [-0.3, -0.25) is 0 Å². The third kappa shape index (κ3) is 4.13. The van der Waals surface area contributed by atoms with E-state index in [9.17, 15) is 0 Å². The van der Waals surface area contributed by atoms with Crippen LogP contribution in [0.5, 0.6) is 0 Å². The molecule has 2 aromatic heterocycles. The zero-order valence-corrected chi connectivity index (χ0v) is 13.7. The van der Waals surface area contributed by atoms with Crippen molar-refractivity contribution < 1.29 is 9.59 Å². The maximum Gasteiger partial charge on any atom is 0.373 e. The van der Waals surface area contributed by atoms with Gasteiger partial charge in [0.2, 0.25) is 0 Å². The third-order valence-corrected chi connectivity index (χ3v) is 4.08. The van der Waals surface area contributed by atoms with Crippen LogP contribution in [0.25, 0.3) is 11.0 Å². The van der Waals surface area contributed by atoms with Gasteiger partial charge in [-0.25, -0.2) is 4.98 Å². The van der Waals surface area contributed by atoms with Crippen LogP contribution in [0.4, 0.5) is 0 Å². The molecule has 0 aliphatic carbocycles. The van der Waals surface area contributed by atoms with Crippen LogP contribution in [0.15, 0.2) is 47.1 Å². The molecule has 22 heavy (non-hydrogen) atoms. The summed E-state index contributed by atoms with van der Waals surface area (Å²) in [6.45, 7) is 2.06. The Morgan fingerprint density at radius 2 is 1.91 bits per heavy atom. The van der Waals surface area contributed by atoms with Crippen molar-refractivity contribution in [1.29, 1.82) is 0 Å². The Morgan fingerprint density at radius 1 is 1.18 bits per heavy atom. The number of pyridine rings is 1. The van der Waals surface area contributed by atoms with Gasteiger partial charge in [0.15, 0.2) is 0 Å². The van der Waals surface area contributed by atoms with Crippen LogP contribution in [0.3, 0.4) is 0 Å². The quantitative estimate of drug-likeness (QED) is 0.773. The van der Waals surface area contributed by atoms with Crippen molar-refractivity contribution in [3.05, 3.63) is 63.9 Å². The number of nitrogens with one attached hydrogen (secondary N) is 1. The molecule has 1 aromatic carbocycles. The average Bonchev–Trinajstić information content (AvgIpc) is 2.86. The summed E-state index contributed by atoms with van der Waals surface area (Å²) in [5.41, 5.74) is 4.75. The molecule has 0 saturated heterocycles. The van der Waals surface area contributed by atoms with Crippen LogP contribution >= 0.6 is 15.9 Å². The van der Waals surface area contributed by atoms with Gasteiger partial charge in [-0.1, -0.05) is 34.1 Å². The van der Waals surface area contributed by atoms with Gasteiger partial charge in [0, 0.05) is 21.7 Å². The summed E-state index contributed by atoms with van der Waals surface area (Å²) in [7, 11) is 0. The number of benzene rings is 1. The number of rotatable bonds is 3. The van der Waals surface area contributed by atoms with E-state index in [1.54, 1.807) is 0 Å². The van der Waals surface area contributed by atoms with Crippen LogP contribution < -0.4 is 0 Å². The van der Waals surface area contributed by atoms with Gasteiger partial charge in [0.1, 0.15) is 5.65 Å². The number of aromatic amines is 1. The topological polar surface area (TPSA) is 62.8 Å². The van der Waals surface area contributed by atoms with Gasteiger partial charge >= 0.3 is 6.15 Å². The Labute approximate surface area is 136 Å². The zero-order valence-electron chi connectivity index (χ0n) is 12.1. The number of aromatic nitrogens is 2. The van der Waals surface area contributed by atoms with Crippen LogP contribution in [0, 0.1) is 6.92 Å². The number of hydrogen-bond donors (Lipinski definition) is 1. The molecule has 0 atom stereocenters. The molecule has 112 valence electrons. The highest BCUT2D eigenvalue weighted by atomic mass is 79.9. The van der Waals surface area contributed by atoms with E-state index >= 15 is 0 Å². The highest BCUT2D eigenvalue weighted by Crippen LogP contribution is 2.19. The minimum absolute atomic E-state index is 0.250. The monoisotopic (exact) mass is 358 g/mol. The SMILES string of the molecule is Cc1cc2cc(CCc3ccccc3Br)cnc2[nH]1.O=C=O. The molecule has 3 aromatic rings. The van der Waals surface area contributed by atoms with Crippen molar-refractivity contribution in [2.24, 2.45) is 0 Å². The molecule has 0 unspecified atom stereocenters. The van der Waals surface area contributed by atoms with E-state index in [-0.39, 0.29) is 6.15 Å². The fourth-order valence-corrected chi connectivity index (χ4v) is 2.80. The van der Waals surface area contributed by atoms with Gasteiger partial charge in [-0.05, 0) is 49.1 Å². The smallest absolute Gasteiger partial charge is 0.344 e. The Morgan fingerprint density at radius 3 is 2.64 bits per heavy atom. The Kier molecular flexibility index (Phi) is 5.64. The first-order chi connectivity index (χ1) is 10.6. The number of nitrogens with zero attached hydrogens (tertiary/aromatic N) is 1. The van der Waals surface area contributed by atoms with Gasteiger partial charge < -0.3 is 4.98 Å². The highest BCUT2D eigenvalue weighted by Gasteiger charge is 2.03. The minimum atomic E-state index is 0.250. The lowest BCUT2D eigenvalue weighted by Crippen LogP contribution is -1.93. The van der Waals surface area contributed by atoms with Gasteiger partial charge in [0.05, 0.1) is 0 Å². The fraction of sp³-hybridized carbons (Fsp3) is 0.176. The maximum atomic E-state index is 8.12. The Hall–Kier alpha value is -2.23. The van der Waals surface area contributed by atoms with Crippen molar-refractivity contribution in [2.45, 2.75) is 19.8 Å². The lowest BCUT2D eigenvalue weighted by Gasteiger charge is -2.04. The van der Waals surface area contributed by atoms with Crippen molar-refractivity contribution in [1.82, 2.24) is 9.97 Å². The van der Waals surface area contributed by atoms with E-state index in [4.69, 9.17) is 9.59 Å². The normalized spacial score (nSPS) is 9.91. The summed E-state index contributed by atoms with van der Waals surface area (Å²) in [5, 5.41) is 1.20. The van der Waals surface area contributed by atoms with Gasteiger partial charge in [-0.15, -0.1) is 0 Å². The first kappa shape index (κ1) is 16.1. The average molecular weight is 359 g/mol.